The first-order valence-corrected chi connectivity index (χ1v) is 13.4. The van der Waals surface area contributed by atoms with Gasteiger partial charge in [0.05, 0.1) is 33.3 Å². The Morgan fingerprint density at radius 1 is 1.11 bits per heavy atom. The van der Waals surface area contributed by atoms with Crippen molar-refractivity contribution in [1.29, 1.82) is 0 Å². The lowest BCUT2D eigenvalue weighted by atomic mass is 9.70. The normalized spacial score (nSPS) is 23.1. The predicted octanol–water partition coefficient (Wildman–Crippen LogP) is 6.68. The summed E-state index contributed by atoms with van der Waals surface area (Å²) >= 11 is 12.5. The Bertz CT molecular complexity index is 1180. The molecule has 0 bridgehead atoms. The molecule has 0 saturated heterocycles. The molecule has 0 atom stereocenters. The van der Waals surface area contributed by atoms with Crippen LogP contribution in [0.1, 0.15) is 86.5 Å². The van der Waals surface area contributed by atoms with Crippen molar-refractivity contribution in [3.63, 3.8) is 0 Å². The molecule has 0 spiro atoms. The van der Waals surface area contributed by atoms with Crippen molar-refractivity contribution >= 4 is 35.1 Å². The maximum atomic E-state index is 14.4. The van der Waals surface area contributed by atoms with Gasteiger partial charge < -0.3 is 10.0 Å². The van der Waals surface area contributed by atoms with Gasteiger partial charge in [0, 0.05) is 25.5 Å². The molecular formula is C26H31Cl2F3N4O3. The minimum Gasteiger partial charge on any atom is -0.481 e. The van der Waals surface area contributed by atoms with Crippen LogP contribution in [0, 0.1) is 10.8 Å². The number of rotatable bonds is 8. The molecule has 2 heterocycles. The Morgan fingerprint density at radius 2 is 1.71 bits per heavy atom. The van der Waals surface area contributed by atoms with Crippen LogP contribution in [-0.4, -0.2) is 49.7 Å². The van der Waals surface area contributed by atoms with Crippen molar-refractivity contribution in [3.05, 3.63) is 45.5 Å². The Hall–Kier alpha value is -2.33. The molecule has 12 heteroatoms. The highest BCUT2D eigenvalue weighted by Crippen LogP contribution is 2.44. The van der Waals surface area contributed by atoms with Gasteiger partial charge in [0.2, 0.25) is 0 Å². The van der Waals surface area contributed by atoms with Gasteiger partial charge in [0.15, 0.2) is 5.69 Å². The summed E-state index contributed by atoms with van der Waals surface area (Å²) in [5, 5.41) is 14.2. The number of carbonyl (C=O) groups is 2. The van der Waals surface area contributed by atoms with Gasteiger partial charge in [0.1, 0.15) is 0 Å². The fraction of sp³-hybridized carbons (Fsp3) is 0.615. The standard InChI is InChI=1S/C26H31Cl2F3N4O3/c1-24(7-3-8-24)15-34(11-6-17-19(27)13-32-14-20(17)28)22(36)18-12-33-35(21(18)26(29,30)31)16-4-9-25(2,10-5-16)23(37)38/h12-14,16H,3-11,15H2,1-2H3,(H,37,38)/t16-,25-. The second-order valence-electron chi connectivity index (χ2n) is 11.2. The molecule has 0 aliphatic heterocycles. The highest BCUT2D eigenvalue weighted by molar-refractivity contribution is 6.35. The van der Waals surface area contributed by atoms with Gasteiger partial charge >= 0.3 is 12.1 Å². The van der Waals surface area contributed by atoms with E-state index in [-0.39, 0.29) is 44.1 Å². The van der Waals surface area contributed by atoms with Crippen molar-refractivity contribution in [2.75, 3.05) is 13.1 Å². The molecule has 0 unspecified atom stereocenters. The Balaban J connectivity index is 1.63. The molecule has 0 aromatic carbocycles. The largest absolute Gasteiger partial charge is 0.481 e. The number of hydrogen-bond acceptors (Lipinski definition) is 4. The first kappa shape index (κ1) is 28.7. The summed E-state index contributed by atoms with van der Waals surface area (Å²) in [6.07, 6.45) is 2.98. The van der Waals surface area contributed by atoms with E-state index in [1.807, 2.05) is 6.92 Å². The number of aliphatic carboxylic acids is 1. The van der Waals surface area contributed by atoms with Gasteiger partial charge in [-0.25, -0.2) is 0 Å². The lowest BCUT2D eigenvalue weighted by Gasteiger charge is -2.42. The van der Waals surface area contributed by atoms with Crippen LogP contribution in [0.25, 0.3) is 0 Å². The molecule has 4 rings (SSSR count). The van der Waals surface area contributed by atoms with Gasteiger partial charge in [0.25, 0.3) is 5.91 Å². The minimum atomic E-state index is -4.82. The quantitative estimate of drug-likeness (QED) is 0.379. The van der Waals surface area contributed by atoms with E-state index in [0.717, 1.165) is 30.1 Å². The molecule has 0 radical (unpaired) electrons. The third-order valence-corrected chi connectivity index (χ3v) is 8.87. The van der Waals surface area contributed by atoms with Crippen molar-refractivity contribution in [1.82, 2.24) is 19.7 Å². The van der Waals surface area contributed by atoms with E-state index in [1.165, 1.54) is 17.3 Å². The fourth-order valence-corrected chi connectivity index (χ4v) is 6.08. The molecule has 208 valence electrons. The summed E-state index contributed by atoms with van der Waals surface area (Å²) in [6, 6.07) is -0.646. The zero-order valence-electron chi connectivity index (χ0n) is 21.3. The van der Waals surface area contributed by atoms with Crippen LogP contribution in [0.2, 0.25) is 10.0 Å². The number of carbonyl (C=O) groups excluding carboxylic acids is 1. The summed E-state index contributed by atoms with van der Waals surface area (Å²) in [5.41, 5.74) is -2.17. The van der Waals surface area contributed by atoms with Crippen LogP contribution in [0.15, 0.2) is 18.6 Å². The summed E-state index contributed by atoms with van der Waals surface area (Å²) in [7, 11) is 0. The summed E-state index contributed by atoms with van der Waals surface area (Å²) in [5.74, 6) is -1.71. The van der Waals surface area contributed by atoms with E-state index >= 15 is 0 Å². The summed E-state index contributed by atoms with van der Waals surface area (Å²) in [6.45, 7) is 4.06. The SMILES string of the molecule is CC1(CN(CCc2c(Cl)cncc2Cl)C(=O)c2cnn([C@H]3CC[C@](C)(C(=O)O)CC3)c2C(F)(F)F)CCC1. The highest BCUT2D eigenvalue weighted by Gasteiger charge is 2.45. The van der Waals surface area contributed by atoms with Gasteiger partial charge in [-0.15, -0.1) is 0 Å². The van der Waals surface area contributed by atoms with Crippen LogP contribution >= 0.6 is 23.2 Å². The molecule has 1 N–H and O–H groups in total. The zero-order chi connectivity index (χ0) is 27.9. The second-order valence-corrected chi connectivity index (χ2v) is 12.0. The number of alkyl halides is 3. The third kappa shape index (κ3) is 5.81. The molecule has 2 aliphatic rings. The lowest BCUT2D eigenvalue weighted by molar-refractivity contribution is -0.152. The fourth-order valence-electron chi connectivity index (χ4n) is 5.52. The Kier molecular flexibility index (Phi) is 8.06. The van der Waals surface area contributed by atoms with E-state index < -0.39 is 40.8 Å². The molecule has 1 amide bonds. The number of carboxylic acid groups (broad SMARTS) is 1. The number of amides is 1. The molecular weight excluding hydrogens is 544 g/mol. The highest BCUT2D eigenvalue weighted by atomic mass is 35.5. The van der Waals surface area contributed by atoms with E-state index in [2.05, 4.69) is 10.1 Å². The molecule has 2 fully saturated rings. The zero-order valence-corrected chi connectivity index (χ0v) is 22.8. The molecule has 2 aromatic heterocycles. The number of hydrogen-bond donors (Lipinski definition) is 1. The maximum Gasteiger partial charge on any atom is 0.433 e. The Labute approximate surface area is 229 Å². The van der Waals surface area contributed by atoms with Crippen molar-refractivity contribution in [2.45, 2.75) is 77.4 Å². The first-order chi connectivity index (χ1) is 17.7. The van der Waals surface area contributed by atoms with Crippen LogP contribution in [-0.2, 0) is 17.4 Å². The molecule has 7 nitrogen and oxygen atoms in total. The average molecular weight is 575 g/mol. The number of nitrogens with zero attached hydrogens (tertiary/aromatic N) is 4. The van der Waals surface area contributed by atoms with E-state index in [1.54, 1.807) is 6.92 Å². The number of pyridine rings is 1. The molecule has 38 heavy (non-hydrogen) atoms. The van der Waals surface area contributed by atoms with E-state index in [4.69, 9.17) is 23.2 Å². The maximum absolute atomic E-state index is 14.4. The van der Waals surface area contributed by atoms with Gasteiger partial charge in [-0.2, -0.15) is 18.3 Å². The van der Waals surface area contributed by atoms with Crippen molar-refractivity contribution < 1.29 is 27.9 Å². The number of halogens is 5. The van der Waals surface area contributed by atoms with Crippen molar-refractivity contribution in [3.8, 4) is 0 Å². The monoisotopic (exact) mass is 574 g/mol. The number of carboxylic acids is 1. The van der Waals surface area contributed by atoms with E-state index in [0.29, 0.717) is 22.2 Å². The lowest BCUT2D eigenvalue weighted by Crippen LogP contribution is -2.44. The van der Waals surface area contributed by atoms with Gasteiger partial charge in [-0.3, -0.25) is 19.3 Å². The molecule has 2 aliphatic carbocycles. The minimum absolute atomic E-state index is 0.126. The average Bonchev–Trinajstić information content (AvgIpc) is 3.28. The summed E-state index contributed by atoms with van der Waals surface area (Å²) in [4.78, 5) is 30.7. The van der Waals surface area contributed by atoms with Crippen LogP contribution in [0.4, 0.5) is 13.2 Å². The van der Waals surface area contributed by atoms with Crippen LogP contribution in [0.5, 0.6) is 0 Å². The van der Waals surface area contributed by atoms with E-state index in [9.17, 15) is 27.9 Å². The smallest absolute Gasteiger partial charge is 0.433 e. The van der Waals surface area contributed by atoms with Crippen molar-refractivity contribution in [2.24, 2.45) is 10.8 Å². The third-order valence-electron chi connectivity index (χ3n) is 8.22. The Morgan fingerprint density at radius 3 is 2.21 bits per heavy atom. The topological polar surface area (TPSA) is 88.3 Å². The second kappa shape index (κ2) is 10.7. The van der Waals surface area contributed by atoms with Gasteiger partial charge in [-0.05, 0) is 62.8 Å². The number of aromatic nitrogens is 3. The molecule has 2 aromatic rings. The van der Waals surface area contributed by atoms with Crippen LogP contribution in [0.3, 0.4) is 0 Å². The van der Waals surface area contributed by atoms with Gasteiger partial charge in [-0.1, -0.05) is 36.5 Å². The van der Waals surface area contributed by atoms with Crippen LogP contribution < -0.4 is 0 Å². The first-order valence-electron chi connectivity index (χ1n) is 12.7. The predicted molar refractivity (Wildman–Crippen MR) is 136 cm³/mol. The molecule has 2 saturated carbocycles. The summed E-state index contributed by atoms with van der Waals surface area (Å²) < 4.78 is 44.1.